The molecule has 2 amide bonds. The molecule has 0 radical (unpaired) electrons. The Morgan fingerprint density at radius 1 is 0.872 bits per heavy atom. The highest BCUT2D eigenvalue weighted by atomic mass is 16.5. The Hall–Kier alpha value is -4.26. The molecule has 0 atom stereocenters. The number of rotatable bonds is 14. The van der Waals surface area contributed by atoms with Gasteiger partial charge in [-0.15, -0.1) is 0 Å². The molecule has 204 valence electrons. The van der Waals surface area contributed by atoms with E-state index in [1.807, 2.05) is 71.8 Å². The Balaban J connectivity index is 1.55. The van der Waals surface area contributed by atoms with E-state index in [-0.39, 0.29) is 24.1 Å². The molecule has 0 aliphatic heterocycles. The predicted molar refractivity (Wildman–Crippen MR) is 151 cm³/mol. The SMILES string of the molecule is CCCCCN(CC(=O)N(Cc1ccccc1)Cc1cccn1Cc1cccc(OC)c1)C(=O)c1ccco1. The van der Waals surface area contributed by atoms with Gasteiger partial charge in [-0.3, -0.25) is 9.59 Å². The summed E-state index contributed by atoms with van der Waals surface area (Å²) in [5, 5.41) is 0. The maximum Gasteiger partial charge on any atom is 0.290 e. The van der Waals surface area contributed by atoms with Gasteiger partial charge in [0.1, 0.15) is 12.3 Å². The number of hydrogen-bond acceptors (Lipinski definition) is 4. The molecule has 39 heavy (non-hydrogen) atoms. The molecular formula is C32H37N3O4. The summed E-state index contributed by atoms with van der Waals surface area (Å²) >= 11 is 0. The molecule has 4 rings (SSSR count). The Bertz CT molecular complexity index is 1310. The first-order valence-electron chi connectivity index (χ1n) is 13.5. The van der Waals surface area contributed by atoms with E-state index >= 15 is 0 Å². The summed E-state index contributed by atoms with van der Waals surface area (Å²) in [4.78, 5) is 30.5. The molecule has 0 aliphatic rings. The van der Waals surface area contributed by atoms with Crippen LogP contribution in [0.1, 0.15) is 53.6 Å². The Kier molecular flexibility index (Phi) is 10.0. The zero-order valence-electron chi connectivity index (χ0n) is 22.8. The van der Waals surface area contributed by atoms with Gasteiger partial charge in [-0.2, -0.15) is 0 Å². The van der Waals surface area contributed by atoms with E-state index in [9.17, 15) is 9.59 Å². The molecular weight excluding hydrogens is 490 g/mol. The van der Waals surface area contributed by atoms with E-state index in [2.05, 4.69) is 17.6 Å². The van der Waals surface area contributed by atoms with Gasteiger partial charge < -0.3 is 23.5 Å². The topological polar surface area (TPSA) is 67.9 Å². The lowest BCUT2D eigenvalue weighted by atomic mass is 10.2. The molecule has 7 heteroatoms. The first-order chi connectivity index (χ1) is 19.1. The largest absolute Gasteiger partial charge is 0.497 e. The standard InChI is InChI=1S/C32H37N3O4/c1-3-4-8-18-34(32(37)30-17-11-20-39-30)25-31(36)35(22-26-12-6-5-7-13-26)24-28-15-10-19-33(28)23-27-14-9-16-29(21-27)38-2/h5-7,9-17,19-21H,3-4,8,18,22-25H2,1-2H3. The van der Waals surface area contributed by atoms with E-state index in [0.717, 1.165) is 41.8 Å². The Labute approximate surface area is 230 Å². The highest BCUT2D eigenvalue weighted by molar-refractivity contribution is 5.94. The molecule has 0 bridgehead atoms. The summed E-state index contributed by atoms with van der Waals surface area (Å²) in [6, 6.07) is 25.3. The van der Waals surface area contributed by atoms with Gasteiger partial charge in [0.25, 0.3) is 5.91 Å². The number of furan rings is 1. The van der Waals surface area contributed by atoms with Crippen LogP contribution in [0, 0.1) is 0 Å². The molecule has 2 aromatic carbocycles. The smallest absolute Gasteiger partial charge is 0.290 e. The number of amides is 2. The van der Waals surface area contributed by atoms with Crippen molar-refractivity contribution in [1.29, 1.82) is 0 Å². The summed E-state index contributed by atoms with van der Waals surface area (Å²) in [6.45, 7) is 4.14. The third kappa shape index (κ3) is 7.87. The number of benzene rings is 2. The molecule has 2 heterocycles. The minimum Gasteiger partial charge on any atom is -0.497 e. The average Bonchev–Trinajstić information content (AvgIpc) is 3.65. The van der Waals surface area contributed by atoms with Crippen molar-refractivity contribution >= 4 is 11.8 Å². The number of aromatic nitrogens is 1. The van der Waals surface area contributed by atoms with E-state index in [1.165, 1.54) is 6.26 Å². The molecule has 0 unspecified atom stereocenters. The van der Waals surface area contributed by atoms with Crippen LogP contribution in [0.3, 0.4) is 0 Å². The number of ether oxygens (including phenoxy) is 1. The van der Waals surface area contributed by atoms with Gasteiger partial charge in [-0.25, -0.2) is 0 Å². The third-order valence-corrected chi connectivity index (χ3v) is 6.71. The van der Waals surface area contributed by atoms with E-state index < -0.39 is 0 Å². The minimum atomic E-state index is -0.259. The molecule has 0 N–H and O–H groups in total. The first-order valence-corrected chi connectivity index (χ1v) is 13.5. The summed E-state index contributed by atoms with van der Waals surface area (Å²) in [6.07, 6.45) is 6.36. The molecule has 0 fully saturated rings. The van der Waals surface area contributed by atoms with Crippen LogP contribution >= 0.6 is 0 Å². The minimum absolute atomic E-state index is 0.00727. The molecule has 7 nitrogen and oxygen atoms in total. The quantitative estimate of drug-likeness (QED) is 0.189. The first kappa shape index (κ1) is 27.8. The van der Waals surface area contributed by atoms with E-state index in [0.29, 0.717) is 26.2 Å². The third-order valence-electron chi connectivity index (χ3n) is 6.71. The van der Waals surface area contributed by atoms with Gasteiger partial charge in [0.15, 0.2) is 5.76 Å². The molecule has 0 saturated carbocycles. The second-order valence-corrected chi connectivity index (χ2v) is 9.63. The Morgan fingerprint density at radius 2 is 1.69 bits per heavy atom. The van der Waals surface area contributed by atoms with Crippen molar-refractivity contribution in [2.24, 2.45) is 0 Å². The maximum atomic E-state index is 13.8. The van der Waals surface area contributed by atoms with Gasteiger partial charge in [0, 0.05) is 31.5 Å². The van der Waals surface area contributed by atoms with Gasteiger partial charge in [0.05, 0.1) is 19.9 Å². The predicted octanol–water partition coefficient (Wildman–Crippen LogP) is 6.00. The van der Waals surface area contributed by atoms with E-state index in [4.69, 9.17) is 9.15 Å². The lowest BCUT2D eigenvalue weighted by molar-refractivity contribution is -0.133. The molecule has 0 saturated heterocycles. The van der Waals surface area contributed by atoms with Crippen LogP contribution in [-0.4, -0.2) is 46.4 Å². The van der Waals surface area contributed by atoms with Crippen LogP contribution in [0.15, 0.2) is 95.7 Å². The van der Waals surface area contributed by atoms with Crippen LogP contribution in [0.4, 0.5) is 0 Å². The van der Waals surface area contributed by atoms with Crippen molar-refractivity contribution in [1.82, 2.24) is 14.4 Å². The molecule has 2 aromatic heterocycles. The normalized spacial score (nSPS) is 10.8. The van der Waals surface area contributed by atoms with Gasteiger partial charge >= 0.3 is 0 Å². The summed E-state index contributed by atoms with van der Waals surface area (Å²) < 4.78 is 12.9. The number of unbranched alkanes of at least 4 members (excludes halogenated alkanes) is 2. The fraction of sp³-hybridized carbons (Fsp3) is 0.312. The highest BCUT2D eigenvalue weighted by Gasteiger charge is 2.24. The van der Waals surface area contributed by atoms with Crippen molar-refractivity contribution in [2.45, 2.75) is 45.8 Å². The molecule has 4 aromatic rings. The number of methoxy groups -OCH3 is 1. The highest BCUT2D eigenvalue weighted by Crippen LogP contribution is 2.18. The van der Waals surface area contributed by atoms with Gasteiger partial charge in [-0.1, -0.05) is 62.2 Å². The lowest BCUT2D eigenvalue weighted by Gasteiger charge is -2.28. The van der Waals surface area contributed by atoms with Crippen LogP contribution in [0.2, 0.25) is 0 Å². The number of hydrogen-bond donors (Lipinski definition) is 0. The second kappa shape index (κ2) is 14.0. The lowest BCUT2D eigenvalue weighted by Crippen LogP contribution is -2.43. The number of carbonyl (C=O) groups is 2. The van der Waals surface area contributed by atoms with Crippen molar-refractivity contribution in [3.8, 4) is 5.75 Å². The maximum absolute atomic E-state index is 13.8. The molecule has 0 spiro atoms. The van der Waals surface area contributed by atoms with Gasteiger partial charge in [0.2, 0.25) is 5.91 Å². The van der Waals surface area contributed by atoms with Crippen LogP contribution in [0.25, 0.3) is 0 Å². The van der Waals surface area contributed by atoms with Gasteiger partial charge in [-0.05, 0) is 53.9 Å². The van der Waals surface area contributed by atoms with Crippen LogP contribution in [0.5, 0.6) is 5.75 Å². The van der Waals surface area contributed by atoms with E-state index in [1.54, 1.807) is 24.1 Å². The zero-order chi connectivity index (χ0) is 27.5. The summed E-state index contributed by atoms with van der Waals surface area (Å²) in [5.41, 5.74) is 3.16. The fourth-order valence-corrected chi connectivity index (χ4v) is 4.57. The average molecular weight is 528 g/mol. The Morgan fingerprint density at radius 3 is 2.44 bits per heavy atom. The number of nitrogens with zero attached hydrogens (tertiary/aromatic N) is 3. The number of carbonyl (C=O) groups excluding carboxylic acids is 2. The summed E-state index contributed by atoms with van der Waals surface area (Å²) in [5.74, 6) is 0.697. The van der Waals surface area contributed by atoms with Crippen molar-refractivity contribution < 1.29 is 18.7 Å². The fourth-order valence-electron chi connectivity index (χ4n) is 4.57. The van der Waals surface area contributed by atoms with Crippen LogP contribution in [-0.2, 0) is 24.4 Å². The van der Waals surface area contributed by atoms with Crippen molar-refractivity contribution in [3.05, 3.63) is 114 Å². The second-order valence-electron chi connectivity index (χ2n) is 9.63. The van der Waals surface area contributed by atoms with Crippen LogP contribution < -0.4 is 4.74 Å². The summed E-state index contributed by atoms with van der Waals surface area (Å²) in [7, 11) is 1.66. The van der Waals surface area contributed by atoms with Crippen molar-refractivity contribution in [2.75, 3.05) is 20.2 Å². The van der Waals surface area contributed by atoms with Crippen molar-refractivity contribution in [3.63, 3.8) is 0 Å². The monoisotopic (exact) mass is 527 g/mol. The molecule has 0 aliphatic carbocycles. The zero-order valence-corrected chi connectivity index (χ0v) is 22.8.